The average molecular weight is 257 g/mol. The van der Waals surface area contributed by atoms with E-state index in [1.54, 1.807) is 0 Å². The number of pyridine rings is 1. The van der Waals surface area contributed by atoms with Gasteiger partial charge in [0.05, 0.1) is 5.69 Å². The molecule has 1 aliphatic heterocycles. The summed E-state index contributed by atoms with van der Waals surface area (Å²) in [5, 5.41) is 0. The van der Waals surface area contributed by atoms with Crippen molar-refractivity contribution in [3.8, 4) is 0 Å². The van der Waals surface area contributed by atoms with Crippen LogP contribution in [-0.4, -0.2) is 40.2 Å². The molecule has 1 fully saturated rings. The maximum Gasteiger partial charge on any atom is 0.150 e. The minimum Gasteiger partial charge on any atom is -0.307 e. The third-order valence-corrected chi connectivity index (χ3v) is 3.80. The molecule has 0 amide bonds. The van der Waals surface area contributed by atoms with Crippen LogP contribution in [0.1, 0.15) is 35.3 Å². The van der Waals surface area contributed by atoms with E-state index in [-0.39, 0.29) is 0 Å². The van der Waals surface area contributed by atoms with Crippen molar-refractivity contribution in [2.45, 2.75) is 25.7 Å². The minimum atomic E-state index is 0.681. The summed E-state index contributed by atoms with van der Waals surface area (Å²) in [4.78, 5) is 17.8. The van der Waals surface area contributed by atoms with Crippen LogP contribution in [0.15, 0.2) is 24.5 Å². The van der Waals surface area contributed by atoms with Gasteiger partial charge in [-0.1, -0.05) is 6.42 Å². The number of imidazole rings is 1. The van der Waals surface area contributed by atoms with Crippen LogP contribution in [-0.2, 0) is 6.42 Å². The van der Waals surface area contributed by atoms with Crippen LogP contribution < -0.4 is 0 Å². The number of aldehydes is 1. The van der Waals surface area contributed by atoms with Crippen molar-refractivity contribution in [3.05, 3.63) is 35.8 Å². The molecular weight excluding hydrogens is 238 g/mol. The quantitative estimate of drug-likeness (QED) is 0.788. The lowest BCUT2D eigenvalue weighted by molar-refractivity contribution is 0.112. The number of aromatic nitrogens is 2. The van der Waals surface area contributed by atoms with Crippen molar-refractivity contribution in [3.63, 3.8) is 0 Å². The second-order valence-electron chi connectivity index (χ2n) is 5.23. The number of hydrogen-bond donors (Lipinski definition) is 0. The summed E-state index contributed by atoms with van der Waals surface area (Å²) in [7, 11) is 0. The molecule has 0 unspecified atom stereocenters. The van der Waals surface area contributed by atoms with Crippen molar-refractivity contribution in [1.29, 1.82) is 0 Å². The SMILES string of the molecule is O=Cc1ccn2cc(CCN3CCCCC3)nc2c1. The molecule has 2 aromatic heterocycles. The first-order chi connectivity index (χ1) is 9.35. The first-order valence-corrected chi connectivity index (χ1v) is 7.00. The van der Waals surface area contributed by atoms with E-state index in [0.717, 1.165) is 30.6 Å². The van der Waals surface area contributed by atoms with E-state index in [1.807, 2.05) is 22.7 Å². The monoisotopic (exact) mass is 257 g/mol. The highest BCUT2D eigenvalue weighted by Gasteiger charge is 2.10. The highest BCUT2D eigenvalue weighted by molar-refractivity contribution is 5.76. The smallest absolute Gasteiger partial charge is 0.150 e. The van der Waals surface area contributed by atoms with E-state index >= 15 is 0 Å². The van der Waals surface area contributed by atoms with Gasteiger partial charge in [0, 0.05) is 30.9 Å². The predicted octanol–water partition coefficient (Wildman–Crippen LogP) is 2.18. The van der Waals surface area contributed by atoms with E-state index in [9.17, 15) is 4.79 Å². The van der Waals surface area contributed by atoms with Gasteiger partial charge in [-0.25, -0.2) is 4.98 Å². The summed E-state index contributed by atoms with van der Waals surface area (Å²) in [6, 6.07) is 3.65. The van der Waals surface area contributed by atoms with Gasteiger partial charge in [0.2, 0.25) is 0 Å². The molecule has 0 spiro atoms. The third-order valence-electron chi connectivity index (χ3n) is 3.80. The second kappa shape index (κ2) is 5.53. The largest absolute Gasteiger partial charge is 0.307 e. The van der Waals surface area contributed by atoms with Crippen molar-refractivity contribution < 1.29 is 4.79 Å². The van der Waals surface area contributed by atoms with Crippen LogP contribution in [0.5, 0.6) is 0 Å². The van der Waals surface area contributed by atoms with Gasteiger partial charge in [-0.15, -0.1) is 0 Å². The summed E-state index contributed by atoms with van der Waals surface area (Å²) in [5.74, 6) is 0. The molecule has 0 bridgehead atoms. The molecular formula is C15H19N3O. The number of piperidine rings is 1. The van der Waals surface area contributed by atoms with E-state index < -0.39 is 0 Å². The van der Waals surface area contributed by atoms with Crippen LogP contribution >= 0.6 is 0 Å². The second-order valence-corrected chi connectivity index (χ2v) is 5.23. The van der Waals surface area contributed by atoms with Crippen LogP contribution in [0, 0.1) is 0 Å². The highest BCUT2D eigenvalue weighted by Crippen LogP contribution is 2.11. The Morgan fingerprint density at radius 2 is 2.11 bits per heavy atom. The van der Waals surface area contributed by atoms with Gasteiger partial charge in [-0.05, 0) is 38.1 Å². The normalized spacial score (nSPS) is 16.8. The summed E-state index contributed by atoms with van der Waals surface area (Å²) in [6.07, 6.45) is 9.84. The summed E-state index contributed by atoms with van der Waals surface area (Å²) in [5.41, 5.74) is 2.65. The van der Waals surface area contributed by atoms with E-state index in [4.69, 9.17) is 0 Å². The topological polar surface area (TPSA) is 37.6 Å². The Bertz CT molecular complexity index is 570. The Hall–Kier alpha value is -1.68. The van der Waals surface area contributed by atoms with Crippen LogP contribution in [0.4, 0.5) is 0 Å². The van der Waals surface area contributed by atoms with Gasteiger partial charge in [0.15, 0.2) is 0 Å². The Labute approximate surface area is 113 Å². The molecule has 3 heterocycles. The lowest BCUT2D eigenvalue weighted by Gasteiger charge is -2.25. The molecule has 19 heavy (non-hydrogen) atoms. The lowest BCUT2D eigenvalue weighted by atomic mass is 10.1. The van der Waals surface area contributed by atoms with Crippen molar-refractivity contribution in [2.75, 3.05) is 19.6 Å². The number of nitrogens with zero attached hydrogens (tertiary/aromatic N) is 3. The lowest BCUT2D eigenvalue weighted by Crippen LogP contribution is -2.31. The van der Waals surface area contributed by atoms with Gasteiger partial charge in [-0.3, -0.25) is 4.79 Å². The van der Waals surface area contributed by atoms with E-state index in [1.165, 1.54) is 32.4 Å². The van der Waals surface area contributed by atoms with E-state index in [2.05, 4.69) is 16.1 Å². The summed E-state index contributed by atoms with van der Waals surface area (Å²) >= 11 is 0. The molecule has 1 aliphatic rings. The van der Waals surface area contributed by atoms with E-state index in [0.29, 0.717) is 5.56 Å². The molecule has 1 saturated heterocycles. The Kier molecular flexibility index (Phi) is 3.60. The van der Waals surface area contributed by atoms with Gasteiger partial charge < -0.3 is 9.30 Å². The number of carbonyl (C=O) groups is 1. The fourth-order valence-corrected chi connectivity index (χ4v) is 2.70. The molecule has 4 nitrogen and oxygen atoms in total. The Balaban J connectivity index is 1.68. The van der Waals surface area contributed by atoms with Crippen molar-refractivity contribution >= 4 is 11.9 Å². The first-order valence-electron chi connectivity index (χ1n) is 7.00. The average Bonchev–Trinajstić information content (AvgIpc) is 2.88. The Morgan fingerprint density at radius 3 is 2.89 bits per heavy atom. The molecule has 0 saturated carbocycles. The van der Waals surface area contributed by atoms with Crippen molar-refractivity contribution in [2.24, 2.45) is 0 Å². The zero-order valence-corrected chi connectivity index (χ0v) is 11.1. The molecule has 0 atom stereocenters. The fourth-order valence-electron chi connectivity index (χ4n) is 2.70. The minimum absolute atomic E-state index is 0.681. The third kappa shape index (κ3) is 2.84. The maximum absolute atomic E-state index is 10.7. The fraction of sp³-hybridized carbons (Fsp3) is 0.467. The summed E-state index contributed by atoms with van der Waals surface area (Å²) < 4.78 is 1.98. The van der Waals surface area contributed by atoms with Crippen molar-refractivity contribution in [1.82, 2.24) is 14.3 Å². The molecule has 0 aliphatic carbocycles. The van der Waals surface area contributed by atoms with Gasteiger partial charge in [0.25, 0.3) is 0 Å². The molecule has 2 aromatic rings. The Morgan fingerprint density at radius 1 is 1.26 bits per heavy atom. The predicted molar refractivity (Wildman–Crippen MR) is 74.6 cm³/mol. The number of carbonyl (C=O) groups excluding carboxylic acids is 1. The standard InChI is InChI=1S/C15H19N3O/c19-12-13-4-9-18-11-14(16-15(18)10-13)5-8-17-6-2-1-3-7-17/h4,9-12H,1-3,5-8H2. The molecule has 100 valence electrons. The van der Waals surface area contributed by atoms with Gasteiger partial charge in [0.1, 0.15) is 11.9 Å². The zero-order chi connectivity index (χ0) is 13.1. The molecule has 0 aromatic carbocycles. The molecule has 4 heteroatoms. The van der Waals surface area contributed by atoms with Gasteiger partial charge in [-0.2, -0.15) is 0 Å². The number of likely N-dealkylation sites (tertiary alicyclic amines) is 1. The van der Waals surface area contributed by atoms with Crippen LogP contribution in [0.2, 0.25) is 0 Å². The highest BCUT2D eigenvalue weighted by atomic mass is 16.1. The molecule has 0 radical (unpaired) electrons. The molecule has 0 N–H and O–H groups in total. The first kappa shape index (κ1) is 12.4. The number of hydrogen-bond acceptors (Lipinski definition) is 3. The molecule has 3 rings (SSSR count). The number of fused-ring (bicyclic) bond motifs is 1. The number of rotatable bonds is 4. The zero-order valence-electron chi connectivity index (χ0n) is 11.1. The maximum atomic E-state index is 10.7. The summed E-state index contributed by atoms with van der Waals surface area (Å²) in [6.45, 7) is 3.54. The van der Waals surface area contributed by atoms with Gasteiger partial charge >= 0.3 is 0 Å². The van der Waals surface area contributed by atoms with Crippen LogP contribution in [0.3, 0.4) is 0 Å². The van der Waals surface area contributed by atoms with Crippen LogP contribution in [0.25, 0.3) is 5.65 Å².